The van der Waals surface area contributed by atoms with Crippen molar-refractivity contribution in [3.05, 3.63) is 94.7 Å². The number of fused-ring (bicyclic) bond motifs is 1. The molecule has 0 aliphatic heterocycles. The maximum absolute atomic E-state index is 12.9. The number of carbonyl (C=O) groups is 2. The molecule has 0 unspecified atom stereocenters. The highest BCUT2D eigenvalue weighted by Gasteiger charge is 2.19. The Kier molecular flexibility index (Phi) is 5.06. The summed E-state index contributed by atoms with van der Waals surface area (Å²) in [6.07, 6.45) is 0. The summed E-state index contributed by atoms with van der Waals surface area (Å²) in [6.45, 7) is 0. The van der Waals surface area contributed by atoms with Crippen molar-refractivity contribution in [3.63, 3.8) is 0 Å². The Bertz CT molecular complexity index is 1210. The number of ketones is 1. The van der Waals surface area contributed by atoms with E-state index >= 15 is 0 Å². The van der Waals surface area contributed by atoms with E-state index in [0.29, 0.717) is 33.2 Å². The van der Waals surface area contributed by atoms with Crippen LogP contribution in [-0.4, -0.2) is 18.8 Å². The smallest absolute Gasteiger partial charge is 0.291 e. The molecule has 0 fully saturated rings. The first-order valence-electron chi connectivity index (χ1n) is 8.84. The van der Waals surface area contributed by atoms with Crippen molar-refractivity contribution in [3.8, 4) is 5.75 Å². The lowest BCUT2D eigenvalue weighted by Gasteiger charge is -2.10. The molecule has 0 saturated carbocycles. The standard InChI is InChI=1S/C23H16ClNO4/c1-28-19-9-5-8-15-12-20(29-22(15)19)23(27)25-18-11-10-16(24)13-17(18)21(26)14-6-3-2-4-7-14/h2-13H,1H3,(H,25,27). The van der Waals surface area contributed by atoms with Gasteiger partial charge in [-0.25, -0.2) is 0 Å². The van der Waals surface area contributed by atoms with Gasteiger partial charge in [0.15, 0.2) is 22.9 Å². The molecule has 144 valence electrons. The van der Waals surface area contributed by atoms with E-state index in [1.807, 2.05) is 18.2 Å². The number of benzene rings is 3. The minimum atomic E-state index is -0.479. The van der Waals surface area contributed by atoms with Gasteiger partial charge in [0, 0.05) is 21.5 Å². The first-order valence-corrected chi connectivity index (χ1v) is 9.22. The van der Waals surface area contributed by atoms with E-state index in [1.165, 1.54) is 13.2 Å². The van der Waals surface area contributed by atoms with E-state index in [2.05, 4.69) is 5.32 Å². The minimum absolute atomic E-state index is 0.109. The third-order valence-electron chi connectivity index (χ3n) is 4.46. The second kappa shape index (κ2) is 7.81. The third kappa shape index (κ3) is 3.73. The fourth-order valence-corrected chi connectivity index (χ4v) is 3.22. The van der Waals surface area contributed by atoms with Gasteiger partial charge in [0.25, 0.3) is 5.91 Å². The molecule has 6 heteroatoms. The summed E-state index contributed by atoms with van der Waals surface area (Å²) in [7, 11) is 1.53. The molecule has 0 aliphatic rings. The molecule has 0 bridgehead atoms. The Morgan fingerprint density at radius 3 is 2.52 bits per heavy atom. The summed E-state index contributed by atoms with van der Waals surface area (Å²) >= 11 is 6.09. The van der Waals surface area contributed by atoms with Crippen LogP contribution in [0.1, 0.15) is 26.5 Å². The van der Waals surface area contributed by atoms with Crippen molar-refractivity contribution in [2.24, 2.45) is 0 Å². The molecule has 0 aliphatic carbocycles. The lowest BCUT2D eigenvalue weighted by molar-refractivity contribution is 0.0998. The van der Waals surface area contributed by atoms with E-state index in [-0.39, 0.29) is 11.5 Å². The lowest BCUT2D eigenvalue weighted by Crippen LogP contribution is -2.14. The average Bonchev–Trinajstić information content (AvgIpc) is 3.19. The number of carbonyl (C=O) groups excluding carboxylic acids is 2. The van der Waals surface area contributed by atoms with E-state index in [0.717, 1.165) is 5.39 Å². The number of anilines is 1. The molecule has 0 spiro atoms. The Balaban J connectivity index is 1.68. The van der Waals surface area contributed by atoms with Gasteiger partial charge in [-0.1, -0.05) is 54.1 Å². The van der Waals surface area contributed by atoms with Gasteiger partial charge in [0.1, 0.15) is 0 Å². The lowest BCUT2D eigenvalue weighted by atomic mass is 10.0. The maximum atomic E-state index is 12.9. The van der Waals surface area contributed by atoms with Gasteiger partial charge in [-0.05, 0) is 30.3 Å². The maximum Gasteiger partial charge on any atom is 0.291 e. The summed E-state index contributed by atoms with van der Waals surface area (Å²) in [6, 6.07) is 20.6. The molecule has 0 atom stereocenters. The predicted octanol–water partition coefficient (Wildman–Crippen LogP) is 5.58. The van der Waals surface area contributed by atoms with Crippen LogP contribution in [0.25, 0.3) is 11.0 Å². The number of rotatable bonds is 5. The monoisotopic (exact) mass is 405 g/mol. The van der Waals surface area contributed by atoms with E-state index < -0.39 is 5.91 Å². The van der Waals surface area contributed by atoms with Gasteiger partial charge in [-0.15, -0.1) is 0 Å². The van der Waals surface area contributed by atoms with Crippen molar-refractivity contribution in [2.45, 2.75) is 0 Å². The van der Waals surface area contributed by atoms with Gasteiger partial charge in [-0.2, -0.15) is 0 Å². The zero-order valence-electron chi connectivity index (χ0n) is 15.4. The van der Waals surface area contributed by atoms with E-state index in [9.17, 15) is 9.59 Å². The molecule has 4 aromatic rings. The van der Waals surface area contributed by atoms with Gasteiger partial charge < -0.3 is 14.5 Å². The van der Waals surface area contributed by atoms with E-state index in [4.69, 9.17) is 20.8 Å². The predicted molar refractivity (Wildman–Crippen MR) is 112 cm³/mol. The Hall–Kier alpha value is -3.57. The summed E-state index contributed by atoms with van der Waals surface area (Å²) in [5.74, 6) is -0.0760. The number of para-hydroxylation sites is 1. The zero-order valence-corrected chi connectivity index (χ0v) is 16.2. The molecule has 0 saturated heterocycles. The van der Waals surface area contributed by atoms with Crippen molar-refractivity contribution in [1.29, 1.82) is 0 Å². The Morgan fingerprint density at radius 2 is 1.76 bits per heavy atom. The quantitative estimate of drug-likeness (QED) is 0.440. The molecule has 29 heavy (non-hydrogen) atoms. The van der Waals surface area contributed by atoms with Gasteiger partial charge in [-0.3, -0.25) is 9.59 Å². The van der Waals surface area contributed by atoms with Crippen molar-refractivity contribution in [1.82, 2.24) is 0 Å². The van der Waals surface area contributed by atoms with Crippen LogP contribution in [-0.2, 0) is 0 Å². The number of amides is 1. The van der Waals surface area contributed by atoms with Crippen LogP contribution >= 0.6 is 11.6 Å². The first kappa shape index (κ1) is 18.8. The summed E-state index contributed by atoms with van der Waals surface area (Å²) in [5.41, 5.74) is 1.63. The van der Waals surface area contributed by atoms with Crippen LogP contribution in [0.2, 0.25) is 5.02 Å². The highest BCUT2D eigenvalue weighted by molar-refractivity contribution is 6.31. The van der Waals surface area contributed by atoms with Crippen LogP contribution in [0.4, 0.5) is 5.69 Å². The minimum Gasteiger partial charge on any atom is -0.493 e. The number of furan rings is 1. The number of hydrogen-bond acceptors (Lipinski definition) is 4. The SMILES string of the molecule is COc1cccc2cc(C(=O)Nc3ccc(Cl)cc3C(=O)c3ccccc3)oc12. The van der Waals surface area contributed by atoms with Crippen LogP contribution < -0.4 is 10.1 Å². The number of methoxy groups -OCH3 is 1. The second-order valence-electron chi connectivity index (χ2n) is 6.33. The van der Waals surface area contributed by atoms with Gasteiger partial charge >= 0.3 is 0 Å². The summed E-state index contributed by atoms with van der Waals surface area (Å²) in [5, 5.41) is 3.89. The molecular formula is C23H16ClNO4. The van der Waals surface area contributed by atoms with E-state index in [1.54, 1.807) is 48.5 Å². The van der Waals surface area contributed by atoms with Gasteiger partial charge in [0.2, 0.25) is 0 Å². The summed E-state index contributed by atoms with van der Waals surface area (Å²) in [4.78, 5) is 25.7. The molecule has 0 radical (unpaired) electrons. The number of ether oxygens (including phenoxy) is 1. The zero-order chi connectivity index (χ0) is 20.4. The topological polar surface area (TPSA) is 68.5 Å². The Morgan fingerprint density at radius 1 is 0.966 bits per heavy atom. The van der Waals surface area contributed by atoms with Crippen LogP contribution in [0.5, 0.6) is 5.75 Å². The first-order chi connectivity index (χ1) is 14.1. The normalized spacial score (nSPS) is 10.7. The molecule has 1 amide bonds. The van der Waals surface area contributed by atoms with Crippen molar-refractivity contribution < 1.29 is 18.7 Å². The van der Waals surface area contributed by atoms with Crippen molar-refractivity contribution >= 4 is 39.9 Å². The highest BCUT2D eigenvalue weighted by Crippen LogP contribution is 2.29. The van der Waals surface area contributed by atoms with Crippen molar-refractivity contribution in [2.75, 3.05) is 12.4 Å². The molecular weight excluding hydrogens is 390 g/mol. The van der Waals surface area contributed by atoms with Crippen LogP contribution in [0.15, 0.2) is 77.2 Å². The molecule has 1 N–H and O–H groups in total. The highest BCUT2D eigenvalue weighted by atomic mass is 35.5. The molecule has 5 nitrogen and oxygen atoms in total. The van der Waals surface area contributed by atoms with Crippen LogP contribution in [0.3, 0.4) is 0 Å². The average molecular weight is 406 g/mol. The summed E-state index contributed by atoms with van der Waals surface area (Å²) < 4.78 is 11.0. The number of halogens is 1. The molecule has 1 heterocycles. The Labute approximate surface area is 171 Å². The second-order valence-corrected chi connectivity index (χ2v) is 6.76. The number of nitrogens with one attached hydrogen (secondary N) is 1. The van der Waals surface area contributed by atoms with Crippen LogP contribution in [0, 0.1) is 0 Å². The molecule has 1 aromatic heterocycles. The third-order valence-corrected chi connectivity index (χ3v) is 4.70. The fourth-order valence-electron chi connectivity index (χ4n) is 3.05. The molecule has 4 rings (SSSR count). The number of hydrogen-bond donors (Lipinski definition) is 1. The largest absolute Gasteiger partial charge is 0.493 e. The fraction of sp³-hybridized carbons (Fsp3) is 0.0435. The van der Waals surface area contributed by atoms with Gasteiger partial charge in [0.05, 0.1) is 12.8 Å². The molecule has 3 aromatic carbocycles.